The van der Waals surface area contributed by atoms with Crippen LogP contribution in [-0.4, -0.2) is 24.8 Å². The minimum Gasteiger partial charge on any atom is -0.444 e. The highest BCUT2D eigenvalue weighted by Crippen LogP contribution is 2.30. The van der Waals surface area contributed by atoms with Crippen molar-refractivity contribution in [2.45, 2.75) is 58.6 Å². The molecule has 122 valence electrons. The van der Waals surface area contributed by atoms with Gasteiger partial charge in [0.2, 0.25) is 0 Å². The van der Waals surface area contributed by atoms with Crippen LogP contribution in [0.15, 0.2) is 18.2 Å². The Bertz CT molecular complexity index is 520. The molecule has 1 unspecified atom stereocenters. The van der Waals surface area contributed by atoms with Crippen molar-refractivity contribution in [3.63, 3.8) is 0 Å². The van der Waals surface area contributed by atoms with Gasteiger partial charge in [0.05, 0.1) is 5.54 Å². The van der Waals surface area contributed by atoms with Crippen molar-refractivity contribution in [3.8, 4) is 0 Å². The minimum atomic E-state index is -0.490. The van der Waals surface area contributed by atoms with Crippen LogP contribution in [0.2, 0.25) is 0 Å². The number of hydrogen-bond acceptors (Lipinski definition) is 3. The summed E-state index contributed by atoms with van der Waals surface area (Å²) in [4.78, 5) is 12.3. The third-order valence-corrected chi connectivity index (χ3v) is 3.90. The molecule has 1 aromatic rings. The maximum absolute atomic E-state index is 12.3. The number of piperidine rings is 1. The predicted molar refractivity (Wildman–Crippen MR) is 89.1 cm³/mol. The second-order valence-corrected chi connectivity index (χ2v) is 7.37. The van der Waals surface area contributed by atoms with Crippen LogP contribution in [-0.2, 0) is 10.3 Å². The third-order valence-electron chi connectivity index (χ3n) is 3.90. The third kappa shape index (κ3) is 4.23. The molecule has 1 aliphatic rings. The van der Waals surface area contributed by atoms with Gasteiger partial charge in [0.25, 0.3) is 0 Å². The van der Waals surface area contributed by atoms with Gasteiger partial charge in [0.15, 0.2) is 0 Å². The molecule has 1 aromatic carbocycles. The van der Waals surface area contributed by atoms with Gasteiger partial charge in [0, 0.05) is 6.54 Å². The van der Waals surface area contributed by atoms with Crippen molar-refractivity contribution in [3.05, 3.63) is 34.9 Å². The van der Waals surface area contributed by atoms with Crippen LogP contribution < -0.4 is 10.6 Å². The molecule has 22 heavy (non-hydrogen) atoms. The van der Waals surface area contributed by atoms with Gasteiger partial charge in [-0.25, -0.2) is 4.79 Å². The molecule has 0 bridgehead atoms. The van der Waals surface area contributed by atoms with E-state index in [0.29, 0.717) is 0 Å². The van der Waals surface area contributed by atoms with Gasteiger partial charge in [-0.05, 0) is 59.6 Å². The van der Waals surface area contributed by atoms with Crippen LogP contribution in [0.1, 0.15) is 50.3 Å². The summed E-state index contributed by atoms with van der Waals surface area (Å²) in [5, 5.41) is 6.55. The Morgan fingerprint density at radius 1 is 1.23 bits per heavy atom. The zero-order valence-corrected chi connectivity index (χ0v) is 14.4. The van der Waals surface area contributed by atoms with Crippen LogP contribution in [0.3, 0.4) is 0 Å². The molecular weight excluding hydrogens is 276 g/mol. The van der Waals surface area contributed by atoms with Crippen molar-refractivity contribution in [2.24, 2.45) is 0 Å². The summed E-state index contributed by atoms with van der Waals surface area (Å²) in [7, 11) is 0. The van der Waals surface area contributed by atoms with Gasteiger partial charge in [-0.15, -0.1) is 0 Å². The molecule has 1 fully saturated rings. The van der Waals surface area contributed by atoms with E-state index in [1.165, 1.54) is 11.1 Å². The van der Waals surface area contributed by atoms with Crippen LogP contribution in [0.25, 0.3) is 0 Å². The van der Waals surface area contributed by atoms with E-state index >= 15 is 0 Å². The summed E-state index contributed by atoms with van der Waals surface area (Å²) in [6, 6.07) is 6.48. The molecule has 1 heterocycles. The quantitative estimate of drug-likeness (QED) is 0.880. The molecule has 0 spiro atoms. The number of aryl methyl sites for hydroxylation is 2. The Morgan fingerprint density at radius 3 is 2.36 bits per heavy atom. The van der Waals surface area contributed by atoms with Gasteiger partial charge in [-0.2, -0.15) is 0 Å². The number of hydrogen-bond donors (Lipinski definition) is 2. The van der Waals surface area contributed by atoms with E-state index in [4.69, 9.17) is 4.74 Å². The summed E-state index contributed by atoms with van der Waals surface area (Å²) < 4.78 is 5.47. The summed E-state index contributed by atoms with van der Waals surface area (Å²) in [6.45, 7) is 11.6. The molecule has 0 aromatic heterocycles. The van der Waals surface area contributed by atoms with Crippen molar-refractivity contribution in [1.82, 2.24) is 10.6 Å². The van der Waals surface area contributed by atoms with E-state index in [1.807, 2.05) is 20.8 Å². The fourth-order valence-corrected chi connectivity index (χ4v) is 3.08. The van der Waals surface area contributed by atoms with Crippen molar-refractivity contribution in [2.75, 3.05) is 13.1 Å². The lowest BCUT2D eigenvalue weighted by atomic mass is 9.82. The molecule has 2 rings (SSSR count). The molecule has 1 atom stereocenters. The van der Waals surface area contributed by atoms with E-state index in [2.05, 4.69) is 42.7 Å². The number of carbonyl (C=O) groups is 1. The molecule has 0 aliphatic carbocycles. The number of carbonyl (C=O) groups excluding carboxylic acids is 1. The largest absolute Gasteiger partial charge is 0.444 e. The SMILES string of the molecule is Cc1cc(C)cc(C2(NC(=O)OC(C)(C)C)CCCNC2)c1. The molecule has 1 aliphatic heterocycles. The van der Waals surface area contributed by atoms with E-state index in [0.717, 1.165) is 31.5 Å². The number of rotatable bonds is 2. The van der Waals surface area contributed by atoms with Crippen molar-refractivity contribution >= 4 is 6.09 Å². The Morgan fingerprint density at radius 2 is 1.86 bits per heavy atom. The van der Waals surface area contributed by atoms with Gasteiger partial charge in [-0.3, -0.25) is 0 Å². The Labute approximate surface area is 133 Å². The average molecular weight is 304 g/mol. The second kappa shape index (κ2) is 6.29. The monoisotopic (exact) mass is 304 g/mol. The highest BCUT2D eigenvalue weighted by atomic mass is 16.6. The van der Waals surface area contributed by atoms with Gasteiger partial charge >= 0.3 is 6.09 Å². The summed E-state index contributed by atoms with van der Waals surface area (Å²) in [6.07, 6.45) is 1.60. The molecule has 1 amide bonds. The van der Waals surface area contributed by atoms with E-state index in [-0.39, 0.29) is 6.09 Å². The zero-order chi connectivity index (χ0) is 16.4. The van der Waals surface area contributed by atoms with Crippen LogP contribution in [0.5, 0.6) is 0 Å². The standard InChI is InChI=1S/C18H28N2O2/c1-13-9-14(2)11-15(10-13)18(7-6-8-19-12-18)20-16(21)22-17(3,4)5/h9-11,19H,6-8,12H2,1-5H3,(H,20,21). The van der Waals surface area contributed by atoms with Crippen LogP contribution in [0.4, 0.5) is 4.79 Å². The topological polar surface area (TPSA) is 50.4 Å². The first-order valence-electron chi connectivity index (χ1n) is 8.01. The highest BCUT2D eigenvalue weighted by molar-refractivity contribution is 5.69. The Kier molecular flexibility index (Phi) is 4.81. The lowest BCUT2D eigenvalue weighted by Gasteiger charge is -2.39. The van der Waals surface area contributed by atoms with Crippen LogP contribution >= 0.6 is 0 Å². The van der Waals surface area contributed by atoms with Gasteiger partial charge < -0.3 is 15.4 Å². The summed E-state index contributed by atoms with van der Waals surface area (Å²) >= 11 is 0. The van der Waals surface area contributed by atoms with E-state index < -0.39 is 11.1 Å². The second-order valence-electron chi connectivity index (χ2n) is 7.37. The minimum absolute atomic E-state index is 0.352. The van der Waals surface area contributed by atoms with E-state index in [1.54, 1.807) is 0 Å². The molecule has 4 nitrogen and oxygen atoms in total. The predicted octanol–water partition coefficient (Wildman–Crippen LogP) is 3.41. The highest BCUT2D eigenvalue weighted by Gasteiger charge is 2.37. The molecule has 1 saturated heterocycles. The summed E-state index contributed by atoms with van der Waals surface area (Å²) in [5.74, 6) is 0. The molecule has 2 N–H and O–H groups in total. The first kappa shape index (κ1) is 16.8. The number of amides is 1. The molecule has 0 saturated carbocycles. The van der Waals surface area contributed by atoms with E-state index in [9.17, 15) is 4.79 Å². The maximum Gasteiger partial charge on any atom is 0.408 e. The first-order valence-corrected chi connectivity index (χ1v) is 8.01. The Hall–Kier alpha value is -1.55. The van der Waals surface area contributed by atoms with Crippen molar-refractivity contribution in [1.29, 1.82) is 0 Å². The lowest BCUT2D eigenvalue weighted by molar-refractivity contribution is 0.0431. The molecule has 4 heteroatoms. The lowest BCUT2D eigenvalue weighted by Crippen LogP contribution is -2.56. The Balaban J connectivity index is 2.29. The normalized spacial score (nSPS) is 22.2. The molecular formula is C18H28N2O2. The smallest absolute Gasteiger partial charge is 0.408 e. The fraction of sp³-hybridized carbons (Fsp3) is 0.611. The zero-order valence-electron chi connectivity index (χ0n) is 14.4. The fourth-order valence-electron chi connectivity index (χ4n) is 3.08. The van der Waals surface area contributed by atoms with Gasteiger partial charge in [-0.1, -0.05) is 29.3 Å². The average Bonchev–Trinajstić information content (AvgIpc) is 2.36. The number of alkyl carbamates (subject to hydrolysis) is 1. The van der Waals surface area contributed by atoms with Gasteiger partial charge in [0.1, 0.15) is 5.60 Å². The maximum atomic E-state index is 12.3. The van der Waals surface area contributed by atoms with Crippen molar-refractivity contribution < 1.29 is 9.53 Å². The number of benzene rings is 1. The van der Waals surface area contributed by atoms with Crippen LogP contribution in [0, 0.1) is 13.8 Å². The first-order chi connectivity index (χ1) is 10.2. The number of nitrogens with one attached hydrogen (secondary N) is 2. The summed E-state index contributed by atoms with van der Waals surface area (Å²) in [5.41, 5.74) is 2.70. The number of ether oxygens (including phenoxy) is 1. The molecule has 0 radical (unpaired) electrons.